The lowest BCUT2D eigenvalue weighted by molar-refractivity contribution is -0.149. The molecule has 0 amide bonds. The summed E-state index contributed by atoms with van der Waals surface area (Å²) in [6.45, 7) is 2.61. The van der Waals surface area contributed by atoms with Crippen LogP contribution in [0.2, 0.25) is 0 Å². The van der Waals surface area contributed by atoms with Crippen LogP contribution in [0.4, 0.5) is 4.39 Å². The van der Waals surface area contributed by atoms with Crippen molar-refractivity contribution in [1.29, 1.82) is 0 Å². The molecule has 0 bridgehead atoms. The Morgan fingerprint density at radius 2 is 2.44 bits per heavy atom. The Morgan fingerprint density at radius 3 is 3.22 bits per heavy atom. The lowest BCUT2D eigenvalue weighted by atomic mass is 9.99. The Bertz CT molecular complexity index is 491. The van der Waals surface area contributed by atoms with E-state index in [1.807, 2.05) is 6.07 Å². The minimum atomic E-state index is -0.383. The van der Waals surface area contributed by atoms with Crippen molar-refractivity contribution in [3.63, 3.8) is 0 Å². The second-order valence-corrected chi connectivity index (χ2v) is 4.49. The summed E-state index contributed by atoms with van der Waals surface area (Å²) in [5.74, 6) is -0.784. The quantitative estimate of drug-likeness (QED) is 0.807. The highest BCUT2D eigenvalue weighted by Crippen LogP contribution is 2.44. The van der Waals surface area contributed by atoms with Crippen LogP contribution in [0.3, 0.4) is 0 Å². The Hall–Kier alpha value is -1.62. The predicted octanol–water partition coefficient (Wildman–Crippen LogP) is 1.41. The molecular formula is C13H14FNO3. The van der Waals surface area contributed by atoms with Crippen LogP contribution in [0.15, 0.2) is 18.2 Å². The lowest BCUT2D eigenvalue weighted by Crippen LogP contribution is -2.31. The highest BCUT2D eigenvalue weighted by molar-refractivity contribution is 5.74. The largest absolute Gasteiger partial charge is 0.484 e. The van der Waals surface area contributed by atoms with E-state index in [9.17, 15) is 9.18 Å². The molecule has 0 spiro atoms. The molecule has 1 fully saturated rings. The maximum absolute atomic E-state index is 13.6. The zero-order valence-electron chi connectivity index (χ0n) is 9.98. The summed E-state index contributed by atoms with van der Waals surface area (Å²) in [7, 11) is 0. The topological polar surface area (TPSA) is 47.6 Å². The van der Waals surface area contributed by atoms with E-state index in [1.54, 1.807) is 13.0 Å². The van der Waals surface area contributed by atoms with Gasteiger partial charge in [-0.15, -0.1) is 0 Å². The van der Waals surface area contributed by atoms with Gasteiger partial charge in [-0.2, -0.15) is 0 Å². The first-order valence-electron chi connectivity index (χ1n) is 6.07. The minimum absolute atomic E-state index is 0.120. The molecule has 0 saturated carbocycles. The normalized spacial score (nSPS) is 28.4. The summed E-state index contributed by atoms with van der Waals surface area (Å²) in [4.78, 5) is 11.8. The molecule has 2 aliphatic rings. The first kappa shape index (κ1) is 11.5. The third kappa shape index (κ3) is 1.58. The molecule has 5 heteroatoms. The number of hydrogen-bond acceptors (Lipinski definition) is 4. The molecule has 0 aromatic heterocycles. The van der Waals surface area contributed by atoms with Gasteiger partial charge in [0.25, 0.3) is 0 Å². The van der Waals surface area contributed by atoms with Gasteiger partial charge in [-0.1, -0.05) is 12.1 Å². The summed E-state index contributed by atoms with van der Waals surface area (Å²) in [5.41, 5.74) is 0.784. The molecule has 4 nitrogen and oxygen atoms in total. The van der Waals surface area contributed by atoms with Crippen molar-refractivity contribution in [3.05, 3.63) is 29.6 Å². The van der Waals surface area contributed by atoms with Crippen molar-refractivity contribution in [2.45, 2.75) is 19.1 Å². The van der Waals surface area contributed by atoms with E-state index in [2.05, 4.69) is 5.32 Å². The number of carbonyl (C=O) groups excluding carboxylic acids is 1. The second kappa shape index (κ2) is 4.24. The number of rotatable bonds is 2. The van der Waals surface area contributed by atoms with Crippen LogP contribution in [0.5, 0.6) is 5.75 Å². The zero-order valence-corrected chi connectivity index (χ0v) is 9.98. The summed E-state index contributed by atoms with van der Waals surface area (Å²) in [5, 5.41) is 3.20. The molecule has 0 aliphatic carbocycles. The first-order chi connectivity index (χ1) is 8.72. The van der Waals surface area contributed by atoms with Gasteiger partial charge in [-0.05, 0) is 13.0 Å². The number of halogens is 1. The van der Waals surface area contributed by atoms with Crippen LogP contribution in [-0.4, -0.2) is 25.2 Å². The number of para-hydroxylation sites is 1. The molecular weight excluding hydrogens is 237 g/mol. The van der Waals surface area contributed by atoms with Crippen molar-refractivity contribution in [1.82, 2.24) is 5.32 Å². The van der Waals surface area contributed by atoms with Crippen molar-refractivity contribution in [3.8, 4) is 5.75 Å². The Kier molecular flexibility index (Phi) is 2.70. The third-order valence-corrected chi connectivity index (χ3v) is 3.46. The average molecular weight is 251 g/mol. The highest BCUT2D eigenvalue weighted by Gasteiger charge is 2.49. The van der Waals surface area contributed by atoms with Crippen LogP contribution in [0.25, 0.3) is 0 Å². The molecule has 96 valence electrons. The van der Waals surface area contributed by atoms with Crippen LogP contribution in [0.1, 0.15) is 18.5 Å². The fourth-order valence-corrected chi connectivity index (χ4v) is 2.65. The fraction of sp³-hybridized carbons (Fsp3) is 0.462. The van der Waals surface area contributed by atoms with Crippen LogP contribution < -0.4 is 10.1 Å². The van der Waals surface area contributed by atoms with Gasteiger partial charge >= 0.3 is 5.97 Å². The van der Waals surface area contributed by atoms with Gasteiger partial charge in [0.05, 0.1) is 12.6 Å². The molecule has 0 unspecified atom stereocenters. The van der Waals surface area contributed by atoms with Crippen LogP contribution in [0, 0.1) is 11.7 Å². The molecule has 2 heterocycles. The first-order valence-corrected chi connectivity index (χ1v) is 6.07. The summed E-state index contributed by atoms with van der Waals surface area (Å²) in [6, 6.07) is 4.72. The number of nitrogens with one attached hydrogen (secondary N) is 1. The van der Waals surface area contributed by atoms with Gasteiger partial charge in [-0.25, -0.2) is 4.39 Å². The third-order valence-electron chi connectivity index (χ3n) is 3.46. The van der Waals surface area contributed by atoms with Gasteiger partial charge in [0.1, 0.15) is 12.0 Å². The van der Waals surface area contributed by atoms with Crippen molar-refractivity contribution in [2.75, 3.05) is 13.2 Å². The van der Waals surface area contributed by atoms with E-state index in [-0.39, 0.29) is 35.6 Å². The van der Waals surface area contributed by atoms with Crippen LogP contribution >= 0.6 is 0 Å². The van der Waals surface area contributed by atoms with E-state index >= 15 is 0 Å². The molecule has 18 heavy (non-hydrogen) atoms. The minimum Gasteiger partial charge on any atom is -0.484 e. The van der Waals surface area contributed by atoms with Crippen molar-refractivity contribution < 1.29 is 18.7 Å². The Balaban J connectivity index is 1.87. The SMILES string of the molecule is CCOC(=O)[C@@H]1CN[C@H]2c3cccc(F)c3O[C@@H]12. The Labute approximate surface area is 104 Å². The maximum Gasteiger partial charge on any atom is 0.314 e. The smallest absolute Gasteiger partial charge is 0.314 e. The van der Waals surface area contributed by atoms with Crippen molar-refractivity contribution in [2.24, 2.45) is 5.92 Å². The average Bonchev–Trinajstić information content (AvgIpc) is 2.89. The predicted molar refractivity (Wildman–Crippen MR) is 61.7 cm³/mol. The number of benzene rings is 1. The van der Waals surface area contributed by atoms with E-state index in [0.29, 0.717) is 13.2 Å². The molecule has 1 aromatic rings. The number of carbonyl (C=O) groups is 1. The van der Waals surface area contributed by atoms with Gasteiger partial charge in [0, 0.05) is 12.1 Å². The number of hydrogen-bond donors (Lipinski definition) is 1. The van der Waals surface area contributed by atoms with Crippen LogP contribution in [-0.2, 0) is 9.53 Å². The van der Waals surface area contributed by atoms with E-state index in [0.717, 1.165) is 5.56 Å². The van der Waals surface area contributed by atoms with Gasteiger partial charge in [-0.3, -0.25) is 4.79 Å². The number of fused-ring (bicyclic) bond motifs is 3. The monoisotopic (exact) mass is 251 g/mol. The standard InChI is InChI=1S/C13H14FNO3/c1-2-17-13(16)8-6-15-10-7-4-3-5-9(14)11(7)18-12(8)10/h3-5,8,10,12,15H,2,6H2,1H3/t8-,10+,12+/m1/s1. The maximum atomic E-state index is 13.6. The van der Waals surface area contributed by atoms with E-state index in [4.69, 9.17) is 9.47 Å². The van der Waals surface area contributed by atoms with Gasteiger partial charge < -0.3 is 14.8 Å². The lowest BCUT2D eigenvalue weighted by Gasteiger charge is -2.16. The molecule has 1 N–H and O–H groups in total. The molecule has 0 radical (unpaired) electrons. The molecule has 3 rings (SSSR count). The second-order valence-electron chi connectivity index (χ2n) is 4.49. The molecule has 3 atom stereocenters. The van der Waals surface area contributed by atoms with Gasteiger partial charge in [0.15, 0.2) is 11.6 Å². The van der Waals surface area contributed by atoms with E-state index < -0.39 is 0 Å². The Morgan fingerprint density at radius 1 is 1.61 bits per heavy atom. The molecule has 1 saturated heterocycles. The summed E-state index contributed by atoms with van der Waals surface area (Å²) in [6.07, 6.45) is -0.365. The zero-order chi connectivity index (χ0) is 12.7. The summed E-state index contributed by atoms with van der Waals surface area (Å²) < 4.78 is 24.2. The van der Waals surface area contributed by atoms with Crippen molar-refractivity contribution >= 4 is 5.97 Å². The molecule has 1 aromatic carbocycles. The van der Waals surface area contributed by atoms with Gasteiger partial charge in [0.2, 0.25) is 0 Å². The van der Waals surface area contributed by atoms with E-state index in [1.165, 1.54) is 6.07 Å². The number of esters is 1. The number of ether oxygens (including phenoxy) is 2. The summed E-state index contributed by atoms with van der Waals surface area (Å²) >= 11 is 0. The molecule has 2 aliphatic heterocycles. The fourth-order valence-electron chi connectivity index (χ4n) is 2.65. The highest BCUT2D eigenvalue weighted by atomic mass is 19.1.